The van der Waals surface area contributed by atoms with E-state index in [0.29, 0.717) is 5.75 Å². The molecule has 0 aliphatic carbocycles. The molecule has 4 heteroatoms. The molecule has 1 heterocycles. The molecular weight excluding hydrogens is 219 g/mol. The SMILES string of the molecule is CC(CF)Oc1ccccc1C1(C)C=NC=N1. The number of hydrogen-bond acceptors (Lipinski definition) is 3. The minimum atomic E-state index is -0.512. The molecule has 0 radical (unpaired) electrons. The second-order valence-electron chi connectivity index (χ2n) is 4.25. The van der Waals surface area contributed by atoms with Gasteiger partial charge in [0, 0.05) is 11.8 Å². The van der Waals surface area contributed by atoms with Gasteiger partial charge in [-0.25, -0.2) is 9.38 Å². The molecule has 1 aliphatic heterocycles. The Morgan fingerprint density at radius 2 is 2.18 bits per heavy atom. The maximum absolute atomic E-state index is 12.5. The fourth-order valence-corrected chi connectivity index (χ4v) is 1.74. The first-order chi connectivity index (χ1) is 8.15. The summed E-state index contributed by atoms with van der Waals surface area (Å²) in [5.41, 5.74) is 0.393. The molecule has 90 valence electrons. The van der Waals surface area contributed by atoms with Crippen LogP contribution in [0.25, 0.3) is 0 Å². The largest absolute Gasteiger partial charge is 0.488 e. The minimum absolute atomic E-state index is 0.456. The number of rotatable bonds is 4. The van der Waals surface area contributed by atoms with Crippen molar-refractivity contribution in [3.63, 3.8) is 0 Å². The molecule has 17 heavy (non-hydrogen) atoms. The summed E-state index contributed by atoms with van der Waals surface area (Å²) in [6, 6.07) is 7.53. The van der Waals surface area contributed by atoms with Crippen molar-refractivity contribution in [3.8, 4) is 5.75 Å². The lowest BCUT2D eigenvalue weighted by Crippen LogP contribution is -2.22. The number of halogens is 1. The maximum Gasteiger partial charge on any atom is 0.126 e. The van der Waals surface area contributed by atoms with Crippen molar-refractivity contribution < 1.29 is 9.13 Å². The molecule has 0 bridgehead atoms. The highest BCUT2D eigenvalue weighted by Crippen LogP contribution is 2.33. The average molecular weight is 234 g/mol. The number of alkyl halides is 1. The highest BCUT2D eigenvalue weighted by molar-refractivity contribution is 5.87. The highest BCUT2D eigenvalue weighted by atomic mass is 19.1. The van der Waals surface area contributed by atoms with E-state index in [1.807, 2.05) is 31.2 Å². The second-order valence-corrected chi connectivity index (χ2v) is 4.25. The van der Waals surface area contributed by atoms with Crippen LogP contribution in [0.1, 0.15) is 19.4 Å². The number of hydrogen-bond donors (Lipinski definition) is 0. The Hall–Kier alpha value is -1.71. The van der Waals surface area contributed by atoms with Crippen LogP contribution in [-0.4, -0.2) is 25.3 Å². The van der Waals surface area contributed by atoms with Gasteiger partial charge in [-0.05, 0) is 19.9 Å². The van der Waals surface area contributed by atoms with Gasteiger partial charge in [0.1, 0.15) is 30.4 Å². The molecule has 0 saturated heterocycles. The molecular formula is C13H15FN2O. The Balaban J connectivity index is 2.34. The smallest absolute Gasteiger partial charge is 0.126 e. The van der Waals surface area contributed by atoms with Crippen LogP contribution in [0.2, 0.25) is 0 Å². The van der Waals surface area contributed by atoms with E-state index in [1.165, 1.54) is 6.34 Å². The Morgan fingerprint density at radius 3 is 2.82 bits per heavy atom. The molecule has 1 aliphatic rings. The first-order valence-corrected chi connectivity index (χ1v) is 5.56. The summed E-state index contributed by atoms with van der Waals surface area (Å²) >= 11 is 0. The number of aliphatic imine (C=N–C) groups is 2. The summed E-state index contributed by atoms with van der Waals surface area (Å²) in [6.07, 6.45) is 2.83. The van der Waals surface area contributed by atoms with E-state index < -0.39 is 18.3 Å². The van der Waals surface area contributed by atoms with Crippen LogP contribution in [-0.2, 0) is 5.54 Å². The summed E-state index contributed by atoms with van der Waals surface area (Å²) in [5, 5.41) is 0. The Kier molecular flexibility index (Phi) is 3.22. The summed E-state index contributed by atoms with van der Waals surface area (Å²) in [7, 11) is 0. The van der Waals surface area contributed by atoms with Gasteiger partial charge in [-0.2, -0.15) is 0 Å². The van der Waals surface area contributed by atoms with Gasteiger partial charge in [-0.15, -0.1) is 0 Å². The first-order valence-electron chi connectivity index (χ1n) is 5.56. The maximum atomic E-state index is 12.5. The van der Waals surface area contributed by atoms with Gasteiger partial charge in [0.2, 0.25) is 0 Å². The van der Waals surface area contributed by atoms with Crippen molar-refractivity contribution in [3.05, 3.63) is 29.8 Å². The predicted molar refractivity (Wildman–Crippen MR) is 66.8 cm³/mol. The van der Waals surface area contributed by atoms with Gasteiger partial charge in [-0.1, -0.05) is 18.2 Å². The third-order valence-corrected chi connectivity index (χ3v) is 2.70. The van der Waals surface area contributed by atoms with Crippen LogP contribution in [0.15, 0.2) is 34.3 Å². The van der Waals surface area contributed by atoms with E-state index in [0.717, 1.165) is 5.56 Å². The lowest BCUT2D eigenvalue weighted by molar-refractivity contribution is 0.179. The van der Waals surface area contributed by atoms with E-state index >= 15 is 0 Å². The van der Waals surface area contributed by atoms with E-state index in [4.69, 9.17) is 4.74 Å². The van der Waals surface area contributed by atoms with Crippen LogP contribution >= 0.6 is 0 Å². The second kappa shape index (κ2) is 4.65. The normalized spacial score (nSPS) is 23.9. The third-order valence-electron chi connectivity index (χ3n) is 2.70. The van der Waals surface area contributed by atoms with E-state index in [9.17, 15) is 4.39 Å². The quantitative estimate of drug-likeness (QED) is 0.788. The monoisotopic (exact) mass is 234 g/mol. The van der Waals surface area contributed by atoms with Crippen molar-refractivity contribution in [2.45, 2.75) is 25.5 Å². The Bertz CT molecular complexity index is 444. The van der Waals surface area contributed by atoms with Crippen LogP contribution in [0.3, 0.4) is 0 Å². The van der Waals surface area contributed by atoms with Crippen LogP contribution in [0, 0.1) is 0 Å². The zero-order valence-corrected chi connectivity index (χ0v) is 9.93. The molecule has 0 spiro atoms. The number of ether oxygens (including phenoxy) is 1. The molecule has 0 aromatic heterocycles. The van der Waals surface area contributed by atoms with E-state index in [-0.39, 0.29) is 0 Å². The van der Waals surface area contributed by atoms with Crippen molar-refractivity contribution in [1.29, 1.82) is 0 Å². The first kappa shape index (κ1) is 11.8. The lowest BCUT2D eigenvalue weighted by Gasteiger charge is -2.22. The average Bonchev–Trinajstić information content (AvgIpc) is 2.78. The Labute approximate surface area is 100 Å². The molecule has 0 amide bonds. The van der Waals surface area contributed by atoms with Gasteiger partial charge in [0.15, 0.2) is 0 Å². The van der Waals surface area contributed by atoms with Crippen molar-refractivity contribution in [2.75, 3.05) is 6.67 Å². The summed E-state index contributed by atoms with van der Waals surface area (Å²) in [4.78, 5) is 8.32. The minimum Gasteiger partial charge on any atom is -0.488 e. The van der Waals surface area contributed by atoms with Crippen molar-refractivity contribution >= 4 is 12.6 Å². The zero-order chi connectivity index (χ0) is 12.3. The van der Waals surface area contributed by atoms with E-state index in [2.05, 4.69) is 9.98 Å². The van der Waals surface area contributed by atoms with E-state index in [1.54, 1.807) is 13.1 Å². The van der Waals surface area contributed by atoms with Crippen LogP contribution in [0.4, 0.5) is 4.39 Å². The third kappa shape index (κ3) is 2.35. The fraction of sp³-hybridized carbons (Fsp3) is 0.385. The van der Waals surface area contributed by atoms with Crippen LogP contribution in [0.5, 0.6) is 5.75 Å². The molecule has 2 unspecified atom stereocenters. The van der Waals surface area contributed by atoms with Gasteiger partial charge < -0.3 is 4.74 Å². The topological polar surface area (TPSA) is 34.0 Å². The highest BCUT2D eigenvalue weighted by Gasteiger charge is 2.29. The number of para-hydroxylation sites is 1. The number of nitrogens with zero attached hydrogens (tertiary/aromatic N) is 2. The number of benzene rings is 1. The summed E-state index contributed by atoms with van der Waals surface area (Å²) in [6.45, 7) is 3.13. The predicted octanol–water partition coefficient (Wildman–Crippen LogP) is 2.75. The van der Waals surface area contributed by atoms with Gasteiger partial charge in [0.25, 0.3) is 0 Å². The van der Waals surface area contributed by atoms with Crippen molar-refractivity contribution in [1.82, 2.24) is 0 Å². The molecule has 0 fully saturated rings. The molecule has 2 atom stereocenters. The van der Waals surface area contributed by atoms with Gasteiger partial charge in [-0.3, -0.25) is 4.99 Å². The molecule has 0 N–H and O–H groups in total. The fourth-order valence-electron chi connectivity index (χ4n) is 1.74. The lowest BCUT2D eigenvalue weighted by atomic mass is 9.93. The molecule has 1 aromatic rings. The van der Waals surface area contributed by atoms with Gasteiger partial charge in [0.05, 0.1) is 0 Å². The standard InChI is InChI=1S/C13H15FN2O/c1-10(7-14)17-12-6-4-3-5-11(12)13(2)8-15-9-16-13/h3-6,8-10H,7H2,1-2H3. The van der Waals surface area contributed by atoms with Gasteiger partial charge >= 0.3 is 0 Å². The molecule has 2 rings (SSSR count). The summed E-state index contributed by atoms with van der Waals surface area (Å²) < 4.78 is 18.1. The van der Waals surface area contributed by atoms with Crippen molar-refractivity contribution in [2.24, 2.45) is 9.98 Å². The van der Waals surface area contributed by atoms with Crippen LogP contribution < -0.4 is 4.74 Å². The molecule has 1 aromatic carbocycles. The zero-order valence-electron chi connectivity index (χ0n) is 9.93. The summed E-state index contributed by atoms with van der Waals surface area (Å²) in [5.74, 6) is 0.658. The Morgan fingerprint density at radius 1 is 1.41 bits per heavy atom. The molecule has 3 nitrogen and oxygen atoms in total. The molecule has 0 saturated carbocycles.